The number of piperidine rings is 1. The molecule has 3 fully saturated rings. The highest BCUT2D eigenvalue weighted by Gasteiger charge is 2.36. The Kier molecular flexibility index (Phi) is 16.5. The fourth-order valence-electron chi connectivity index (χ4n) is 11.4. The summed E-state index contributed by atoms with van der Waals surface area (Å²) in [7, 11) is 0. The summed E-state index contributed by atoms with van der Waals surface area (Å²) < 4.78 is 35.6. The van der Waals surface area contributed by atoms with Crippen molar-refractivity contribution in [3.8, 4) is 22.3 Å². The molecule has 6 N–H and O–H groups in total. The summed E-state index contributed by atoms with van der Waals surface area (Å²) in [4.78, 5) is 61.2. The van der Waals surface area contributed by atoms with Crippen molar-refractivity contribution in [1.29, 1.82) is 0 Å². The number of ether oxygens (including phenoxy) is 1. The molecule has 6 aromatic carbocycles. The number of thioether (sulfide) groups is 1. The van der Waals surface area contributed by atoms with Gasteiger partial charge in [-0.15, -0.1) is 0 Å². The van der Waals surface area contributed by atoms with Gasteiger partial charge in [0.1, 0.15) is 0 Å². The lowest BCUT2D eigenvalue weighted by Gasteiger charge is -2.35. The standard InChI is InChI=1S/C61H47Cl6F2N9O7S/c62-30-1-5-42-34(21-30)55(46(27-70-42)78-15-19-86-20-16-78)74-44-7-3-40(66)49(51(44)59(81)82)37-24-33(65)26-39-54(37)71-28-47(76-11-9-61(68,69)10-12-76)57(39)75-45-8-4-41(67)50(52(45)60(83)84)36-23-32(64)25-38-53(36)72-29-48(77-13-17-85-18-14-77)56(38)73-43-6-2-31(63)22-35(43)58(79)80/h1-8,21-29H,9-20H2,(H,70,74)(H,71,75)(H,72,73)(H,79,80)(H,81,82)(H,83,84). The first-order valence-electron chi connectivity index (χ1n) is 26.9. The number of nitrogens with one attached hydrogen (secondary N) is 3. The molecule has 6 heterocycles. The van der Waals surface area contributed by atoms with Crippen LogP contribution in [0.5, 0.6) is 0 Å². The molecule has 0 saturated carbocycles. The van der Waals surface area contributed by atoms with Crippen molar-refractivity contribution in [2.75, 3.05) is 94.6 Å². The van der Waals surface area contributed by atoms with Gasteiger partial charge in [0.05, 0.1) is 116 Å². The Morgan fingerprint density at radius 3 is 1.48 bits per heavy atom. The maximum Gasteiger partial charge on any atom is 0.338 e. The Morgan fingerprint density at radius 2 is 0.953 bits per heavy atom. The molecule has 9 aromatic rings. The van der Waals surface area contributed by atoms with E-state index < -0.39 is 36.7 Å². The second-order valence-corrected chi connectivity index (χ2v) is 24.4. The molecule has 3 aliphatic heterocycles. The lowest BCUT2D eigenvalue weighted by Crippen LogP contribution is -2.39. The summed E-state index contributed by atoms with van der Waals surface area (Å²) in [5, 5.41) is 45.4. The number of benzene rings is 6. The van der Waals surface area contributed by atoms with Gasteiger partial charge in [-0.1, -0.05) is 69.6 Å². The van der Waals surface area contributed by atoms with Crippen molar-refractivity contribution in [1.82, 2.24) is 15.0 Å². The number of alkyl halides is 2. The van der Waals surface area contributed by atoms with E-state index in [-0.39, 0.29) is 116 Å². The summed E-state index contributed by atoms with van der Waals surface area (Å²) in [6, 6.07) is 22.0. The smallest absolute Gasteiger partial charge is 0.338 e. The van der Waals surface area contributed by atoms with Gasteiger partial charge in [-0.05, 0) is 84.9 Å². The number of aromatic nitrogens is 3. The fraction of sp³-hybridized carbons (Fsp3) is 0.213. The third-order valence-electron chi connectivity index (χ3n) is 15.4. The Labute approximate surface area is 523 Å². The van der Waals surface area contributed by atoms with Crippen molar-refractivity contribution in [3.05, 3.63) is 150 Å². The van der Waals surface area contributed by atoms with Crippen molar-refractivity contribution < 1.29 is 43.2 Å². The number of fused-ring (bicyclic) bond motifs is 3. The quantitative estimate of drug-likeness (QED) is 0.0599. The molecule has 0 bridgehead atoms. The van der Waals surface area contributed by atoms with Crippen LogP contribution in [0.2, 0.25) is 30.1 Å². The molecule has 86 heavy (non-hydrogen) atoms. The van der Waals surface area contributed by atoms with Gasteiger partial charge in [0, 0.05) is 132 Å². The van der Waals surface area contributed by atoms with Crippen LogP contribution in [0.4, 0.5) is 60.0 Å². The topological polar surface area (TPSA) is 206 Å². The van der Waals surface area contributed by atoms with Gasteiger partial charge in [0.2, 0.25) is 0 Å². The molecule has 0 unspecified atom stereocenters. The van der Waals surface area contributed by atoms with Gasteiger partial charge >= 0.3 is 17.9 Å². The highest BCUT2D eigenvalue weighted by Crippen LogP contribution is 2.50. The van der Waals surface area contributed by atoms with E-state index in [1.54, 1.807) is 65.8 Å². The number of rotatable bonds is 14. The number of nitrogens with zero attached hydrogens (tertiary/aromatic N) is 6. The number of carboxylic acids is 3. The second kappa shape index (κ2) is 24.1. The van der Waals surface area contributed by atoms with E-state index in [4.69, 9.17) is 89.3 Å². The van der Waals surface area contributed by atoms with Crippen LogP contribution >= 0.6 is 81.4 Å². The van der Waals surface area contributed by atoms with Gasteiger partial charge in [-0.25, -0.2) is 23.2 Å². The number of morpholine rings is 1. The number of pyridine rings is 3. The van der Waals surface area contributed by atoms with Crippen LogP contribution in [0.1, 0.15) is 43.9 Å². The zero-order chi connectivity index (χ0) is 60.3. The average Bonchev–Trinajstić information content (AvgIpc) is 1.05. The number of hydrogen-bond donors (Lipinski definition) is 6. The predicted molar refractivity (Wildman–Crippen MR) is 342 cm³/mol. The molecule has 25 heteroatoms. The van der Waals surface area contributed by atoms with Crippen molar-refractivity contribution in [2.45, 2.75) is 18.8 Å². The van der Waals surface area contributed by atoms with Crippen LogP contribution in [0, 0.1) is 0 Å². The molecule has 0 amide bonds. The van der Waals surface area contributed by atoms with Gasteiger partial charge in [0.15, 0.2) is 0 Å². The molecule has 0 radical (unpaired) electrons. The molecule has 0 aliphatic carbocycles. The average molecular weight is 1300 g/mol. The van der Waals surface area contributed by atoms with Crippen LogP contribution in [0.25, 0.3) is 55.0 Å². The highest BCUT2D eigenvalue weighted by molar-refractivity contribution is 7.99. The van der Waals surface area contributed by atoms with Crippen molar-refractivity contribution in [2.24, 2.45) is 0 Å². The molecule has 12 rings (SSSR count). The second-order valence-electron chi connectivity index (χ2n) is 20.6. The minimum atomic E-state index is -2.96. The van der Waals surface area contributed by atoms with Crippen LogP contribution in [0.15, 0.2) is 104 Å². The molecular formula is C61H47Cl6F2N9O7S. The minimum Gasteiger partial charge on any atom is -0.478 e. The van der Waals surface area contributed by atoms with Crippen LogP contribution in [-0.2, 0) is 4.74 Å². The molecular weight excluding hydrogens is 1250 g/mol. The zero-order valence-electron chi connectivity index (χ0n) is 44.9. The maximum atomic E-state index is 15.0. The van der Waals surface area contributed by atoms with E-state index >= 15 is 0 Å². The third-order valence-corrected chi connectivity index (χ3v) is 17.9. The Bertz CT molecular complexity index is 4280. The van der Waals surface area contributed by atoms with Crippen molar-refractivity contribution >= 4 is 183 Å². The van der Waals surface area contributed by atoms with E-state index in [1.807, 2.05) is 16.7 Å². The molecule has 0 atom stereocenters. The van der Waals surface area contributed by atoms with E-state index in [1.165, 1.54) is 42.6 Å². The summed E-state index contributed by atoms with van der Waals surface area (Å²) in [5.74, 6) is -5.28. The van der Waals surface area contributed by atoms with Crippen LogP contribution in [0.3, 0.4) is 0 Å². The first-order chi connectivity index (χ1) is 41.3. The molecule has 3 saturated heterocycles. The Balaban J connectivity index is 1.04. The first-order valence-corrected chi connectivity index (χ1v) is 30.3. The van der Waals surface area contributed by atoms with Crippen molar-refractivity contribution in [3.63, 3.8) is 0 Å². The predicted octanol–water partition coefficient (Wildman–Crippen LogP) is 16.5. The number of aromatic carboxylic acids is 3. The Morgan fingerprint density at radius 1 is 0.512 bits per heavy atom. The van der Waals surface area contributed by atoms with Gasteiger partial charge < -0.3 is 50.7 Å². The lowest BCUT2D eigenvalue weighted by atomic mass is 9.93. The van der Waals surface area contributed by atoms with Crippen LogP contribution < -0.4 is 30.7 Å². The summed E-state index contributed by atoms with van der Waals surface area (Å²) in [5.41, 5.74) is 3.73. The number of halogens is 8. The number of hydrogen-bond acceptors (Lipinski definition) is 14. The fourth-order valence-corrected chi connectivity index (χ4v) is 13.6. The molecule has 3 aromatic heterocycles. The molecule has 440 valence electrons. The number of carboxylic acid groups (broad SMARTS) is 3. The largest absolute Gasteiger partial charge is 0.478 e. The summed E-state index contributed by atoms with van der Waals surface area (Å²) >= 11 is 43.2. The Hall–Kier alpha value is -7.33. The van der Waals surface area contributed by atoms with E-state index in [9.17, 15) is 38.5 Å². The molecule has 3 aliphatic rings. The van der Waals surface area contributed by atoms with Crippen LogP contribution in [-0.4, -0.2) is 118 Å². The normalized spacial score (nSPS) is 15.3. The zero-order valence-corrected chi connectivity index (χ0v) is 50.2. The van der Waals surface area contributed by atoms with E-state index in [0.29, 0.717) is 83.5 Å². The number of carbonyl (C=O) groups is 3. The summed E-state index contributed by atoms with van der Waals surface area (Å²) in [6.45, 7) is 2.88. The van der Waals surface area contributed by atoms with E-state index in [0.717, 1.165) is 17.2 Å². The summed E-state index contributed by atoms with van der Waals surface area (Å²) in [6.07, 6.45) is 3.81. The molecule has 0 spiro atoms. The highest BCUT2D eigenvalue weighted by atomic mass is 35.5. The van der Waals surface area contributed by atoms with E-state index in [2.05, 4.69) is 20.9 Å². The van der Waals surface area contributed by atoms with Gasteiger partial charge in [-0.3, -0.25) is 15.0 Å². The SMILES string of the molecule is O=C(O)c1cc(Cl)ccc1Nc1c(N2CCOCC2)cnc2c(-c3c(Cl)ccc(Nc4c(N5CCC(F)(F)CC5)cnc5c(-c6c(Cl)ccc(Nc7c(N8CCSCC8)cnc8ccc(Cl)cc78)c6C(=O)O)cc(Cl)cc45)c3C(=O)O)cc(Cl)cc12. The van der Waals surface area contributed by atoms with Gasteiger partial charge in [-0.2, -0.15) is 11.8 Å². The first kappa shape index (κ1) is 59.0. The lowest BCUT2D eigenvalue weighted by molar-refractivity contribution is -0.0220. The third kappa shape index (κ3) is 11.5. The number of anilines is 9. The molecule has 16 nitrogen and oxygen atoms in total. The van der Waals surface area contributed by atoms with Gasteiger partial charge in [0.25, 0.3) is 5.92 Å². The minimum absolute atomic E-state index is 0.0167. The monoisotopic (exact) mass is 1300 g/mol. The maximum absolute atomic E-state index is 15.0.